The van der Waals surface area contributed by atoms with Crippen LogP contribution in [0.4, 0.5) is 17.1 Å². The minimum Gasteiger partial charge on any atom is -0.338 e. The number of nitrogens with zero attached hydrogens (tertiary/aromatic N) is 3. The summed E-state index contributed by atoms with van der Waals surface area (Å²) in [5, 5.41) is 14.4. The number of aromatic nitrogens is 1. The van der Waals surface area contributed by atoms with Crippen LogP contribution in [-0.2, 0) is 0 Å². The maximum Gasteiger partial charge on any atom is 0.276 e. The molecule has 0 radical (unpaired) electrons. The minimum absolute atomic E-state index is 0.0560. The normalized spacial score (nSPS) is 12.5. The molecule has 126 valence electrons. The molecule has 1 aliphatic heterocycles. The van der Waals surface area contributed by atoms with Gasteiger partial charge in [0.05, 0.1) is 27.6 Å². The lowest BCUT2D eigenvalue weighted by atomic mass is 10.1. The van der Waals surface area contributed by atoms with Gasteiger partial charge in [0.2, 0.25) is 0 Å². The molecule has 3 aromatic rings. The van der Waals surface area contributed by atoms with Crippen LogP contribution in [0.15, 0.2) is 77.9 Å². The van der Waals surface area contributed by atoms with Gasteiger partial charge in [-0.15, -0.1) is 0 Å². The standard InChI is InChI=1S/C20H14N4O2/c25-24(26)18-10-4-1-6-14(18)11-12-19-22-16-8-3-2-7-15(16)20-17(23-19)9-5-13-21-20/h1-13H,(H,22,23)/b12-11+. The topological polar surface area (TPSA) is 80.4 Å². The van der Waals surface area contributed by atoms with Gasteiger partial charge in [0, 0.05) is 17.8 Å². The summed E-state index contributed by atoms with van der Waals surface area (Å²) in [6, 6.07) is 18.1. The maximum atomic E-state index is 11.2. The number of nitro groups is 1. The molecular weight excluding hydrogens is 328 g/mol. The van der Waals surface area contributed by atoms with Crippen molar-refractivity contribution in [3.05, 3.63) is 88.6 Å². The van der Waals surface area contributed by atoms with E-state index in [0.717, 1.165) is 22.6 Å². The fraction of sp³-hybridized carbons (Fsp3) is 0. The van der Waals surface area contributed by atoms with E-state index < -0.39 is 4.92 Å². The molecule has 0 aliphatic carbocycles. The quantitative estimate of drug-likeness (QED) is 0.546. The summed E-state index contributed by atoms with van der Waals surface area (Å²) < 4.78 is 0. The van der Waals surface area contributed by atoms with E-state index in [0.29, 0.717) is 11.4 Å². The first kappa shape index (κ1) is 15.7. The summed E-state index contributed by atoms with van der Waals surface area (Å²) in [6.07, 6.45) is 5.17. The molecule has 0 saturated carbocycles. The van der Waals surface area contributed by atoms with Crippen LogP contribution in [0.25, 0.3) is 17.3 Å². The van der Waals surface area contributed by atoms with Gasteiger partial charge >= 0.3 is 0 Å². The first-order valence-corrected chi connectivity index (χ1v) is 8.04. The Morgan fingerprint density at radius 1 is 0.962 bits per heavy atom. The van der Waals surface area contributed by atoms with E-state index in [9.17, 15) is 10.1 Å². The highest BCUT2D eigenvalue weighted by Crippen LogP contribution is 2.35. The molecule has 0 amide bonds. The first-order chi connectivity index (χ1) is 12.7. The average Bonchev–Trinajstić information content (AvgIpc) is 2.83. The lowest BCUT2D eigenvalue weighted by molar-refractivity contribution is -0.385. The van der Waals surface area contributed by atoms with E-state index in [1.165, 1.54) is 6.07 Å². The predicted octanol–water partition coefficient (Wildman–Crippen LogP) is 4.83. The highest BCUT2D eigenvalue weighted by molar-refractivity contribution is 6.11. The maximum absolute atomic E-state index is 11.2. The SMILES string of the molecule is O=[N+]([O-])c1ccccc1/C=C/C1=Nc2ccccc2-c2ncccc2N1. The molecule has 0 fully saturated rings. The molecule has 0 atom stereocenters. The molecule has 26 heavy (non-hydrogen) atoms. The number of pyridine rings is 1. The van der Waals surface area contributed by atoms with Crippen molar-refractivity contribution in [1.82, 2.24) is 4.98 Å². The fourth-order valence-electron chi connectivity index (χ4n) is 2.83. The number of anilines is 1. The average molecular weight is 342 g/mol. The Bertz CT molecular complexity index is 1060. The Hall–Kier alpha value is -3.80. The van der Waals surface area contributed by atoms with Crippen molar-refractivity contribution in [2.45, 2.75) is 0 Å². The molecule has 0 bridgehead atoms. The smallest absolute Gasteiger partial charge is 0.276 e. The fourth-order valence-corrected chi connectivity index (χ4v) is 2.83. The third-order valence-corrected chi connectivity index (χ3v) is 4.02. The van der Waals surface area contributed by atoms with Crippen molar-refractivity contribution in [2.75, 3.05) is 5.32 Å². The van der Waals surface area contributed by atoms with Gasteiger partial charge in [-0.2, -0.15) is 0 Å². The minimum atomic E-state index is -0.392. The summed E-state index contributed by atoms with van der Waals surface area (Å²) in [5.41, 5.74) is 3.96. The van der Waals surface area contributed by atoms with Crippen LogP contribution in [0.1, 0.15) is 5.56 Å². The number of hydrogen-bond donors (Lipinski definition) is 1. The molecule has 0 spiro atoms. The molecule has 6 heteroatoms. The van der Waals surface area contributed by atoms with E-state index in [1.807, 2.05) is 36.4 Å². The van der Waals surface area contributed by atoms with Crippen LogP contribution in [-0.4, -0.2) is 15.7 Å². The van der Waals surface area contributed by atoms with Gasteiger partial charge in [-0.3, -0.25) is 15.1 Å². The largest absolute Gasteiger partial charge is 0.338 e. The molecule has 1 aromatic heterocycles. The van der Waals surface area contributed by atoms with Gasteiger partial charge in [0.1, 0.15) is 5.84 Å². The van der Waals surface area contributed by atoms with Crippen molar-refractivity contribution in [3.8, 4) is 11.3 Å². The van der Waals surface area contributed by atoms with Gasteiger partial charge in [0.15, 0.2) is 0 Å². The van der Waals surface area contributed by atoms with Crippen molar-refractivity contribution in [3.63, 3.8) is 0 Å². The molecule has 4 rings (SSSR count). The third-order valence-electron chi connectivity index (χ3n) is 4.02. The Morgan fingerprint density at radius 3 is 2.65 bits per heavy atom. The highest BCUT2D eigenvalue weighted by atomic mass is 16.6. The number of hydrogen-bond acceptors (Lipinski definition) is 5. The van der Waals surface area contributed by atoms with Crippen molar-refractivity contribution in [1.29, 1.82) is 0 Å². The zero-order valence-corrected chi connectivity index (χ0v) is 13.7. The number of fused-ring (bicyclic) bond motifs is 3. The molecular formula is C20H14N4O2. The molecule has 0 unspecified atom stereocenters. The number of benzene rings is 2. The Kier molecular flexibility index (Phi) is 3.99. The van der Waals surface area contributed by atoms with Gasteiger partial charge < -0.3 is 5.32 Å². The van der Waals surface area contributed by atoms with Gasteiger partial charge in [-0.05, 0) is 36.4 Å². The zero-order valence-electron chi connectivity index (χ0n) is 13.7. The predicted molar refractivity (Wildman–Crippen MR) is 103 cm³/mol. The number of nitro benzene ring substituents is 1. The highest BCUT2D eigenvalue weighted by Gasteiger charge is 2.16. The molecule has 2 heterocycles. The van der Waals surface area contributed by atoms with Gasteiger partial charge in [0.25, 0.3) is 5.69 Å². The Morgan fingerprint density at radius 2 is 1.77 bits per heavy atom. The summed E-state index contributed by atoms with van der Waals surface area (Å²) in [6.45, 7) is 0. The number of rotatable bonds is 3. The van der Waals surface area contributed by atoms with E-state index in [1.54, 1.807) is 36.5 Å². The van der Waals surface area contributed by atoms with Crippen LogP contribution in [0.2, 0.25) is 0 Å². The summed E-state index contributed by atoms with van der Waals surface area (Å²) in [7, 11) is 0. The van der Waals surface area contributed by atoms with Crippen LogP contribution >= 0.6 is 0 Å². The van der Waals surface area contributed by atoms with Gasteiger partial charge in [-0.25, -0.2) is 4.99 Å². The van der Waals surface area contributed by atoms with Crippen LogP contribution < -0.4 is 5.32 Å². The lowest BCUT2D eigenvalue weighted by Gasteiger charge is -2.07. The van der Waals surface area contributed by atoms with Crippen molar-refractivity contribution >= 4 is 29.0 Å². The van der Waals surface area contributed by atoms with Gasteiger partial charge in [-0.1, -0.05) is 30.3 Å². The zero-order chi connectivity index (χ0) is 17.9. The molecule has 0 saturated heterocycles. The van der Waals surface area contributed by atoms with Crippen molar-refractivity contribution < 1.29 is 4.92 Å². The van der Waals surface area contributed by atoms with Crippen LogP contribution in [0, 0.1) is 10.1 Å². The molecule has 1 aliphatic rings. The number of para-hydroxylation sites is 2. The summed E-state index contributed by atoms with van der Waals surface area (Å²) in [5.74, 6) is 0.586. The number of amidine groups is 1. The Balaban J connectivity index is 1.77. The van der Waals surface area contributed by atoms with Crippen molar-refractivity contribution in [2.24, 2.45) is 4.99 Å². The third kappa shape index (κ3) is 2.95. The second-order valence-electron chi connectivity index (χ2n) is 5.69. The lowest BCUT2D eigenvalue weighted by Crippen LogP contribution is -2.08. The second kappa shape index (κ2) is 6.60. The second-order valence-corrected chi connectivity index (χ2v) is 5.69. The summed E-state index contributed by atoms with van der Waals surface area (Å²) in [4.78, 5) is 19.9. The van der Waals surface area contributed by atoms with E-state index in [2.05, 4.69) is 15.3 Å². The molecule has 2 aromatic carbocycles. The summed E-state index contributed by atoms with van der Waals surface area (Å²) >= 11 is 0. The Labute approximate surface area is 149 Å². The number of nitrogens with one attached hydrogen (secondary N) is 1. The molecule has 1 N–H and O–H groups in total. The van der Waals surface area contributed by atoms with Crippen LogP contribution in [0.3, 0.4) is 0 Å². The van der Waals surface area contributed by atoms with E-state index in [4.69, 9.17) is 0 Å². The van der Waals surface area contributed by atoms with Crippen LogP contribution in [0.5, 0.6) is 0 Å². The van der Waals surface area contributed by atoms with E-state index >= 15 is 0 Å². The number of aliphatic imine (C=N–C) groups is 1. The monoisotopic (exact) mass is 342 g/mol. The van der Waals surface area contributed by atoms with E-state index in [-0.39, 0.29) is 5.69 Å². The first-order valence-electron chi connectivity index (χ1n) is 8.04. The molecule has 6 nitrogen and oxygen atoms in total.